The Balaban J connectivity index is 2.02. The van der Waals surface area contributed by atoms with Crippen molar-refractivity contribution in [1.29, 1.82) is 0 Å². The van der Waals surface area contributed by atoms with E-state index in [4.69, 9.17) is 0 Å². The molecule has 0 saturated heterocycles. The molecule has 0 aliphatic heterocycles. The van der Waals surface area contributed by atoms with Gasteiger partial charge < -0.3 is 4.74 Å². The van der Waals surface area contributed by atoms with Crippen LogP contribution in [0.2, 0.25) is 0 Å². The van der Waals surface area contributed by atoms with Crippen molar-refractivity contribution < 1.29 is 14.3 Å². The van der Waals surface area contributed by atoms with Gasteiger partial charge >= 0.3 is 5.97 Å². The second kappa shape index (κ2) is 6.66. The van der Waals surface area contributed by atoms with Crippen LogP contribution in [0.15, 0.2) is 54.6 Å². The van der Waals surface area contributed by atoms with Crippen LogP contribution in [0.5, 0.6) is 0 Å². The maximum atomic E-state index is 11.6. The van der Waals surface area contributed by atoms with Crippen molar-refractivity contribution in [3.05, 3.63) is 60.2 Å². The molecule has 2 aromatic carbocycles. The standard InChI is InChI=1S/C17H16O3/c1-20-17(19)12-16(18)11-13-7-9-15(10-8-13)14-5-3-2-4-6-14/h2-10H,11-12H2,1H3. The van der Waals surface area contributed by atoms with Gasteiger partial charge in [-0.25, -0.2) is 0 Å². The van der Waals surface area contributed by atoms with Crippen LogP contribution in [-0.4, -0.2) is 18.9 Å². The van der Waals surface area contributed by atoms with Crippen LogP contribution in [0.25, 0.3) is 11.1 Å². The average molecular weight is 268 g/mol. The monoisotopic (exact) mass is 268 g/mol. The normalized spacial score (nSPS) is 10.1. The van der Waals surface area contributed by atoms with Crippen LogP contribution in [0, 0.1) is 0 Å². The molecule has 20 heavy (non-hydrogen) atoms. The van der Waals surface area contributed by atoms with Crippen LogP contribution in [-0.2, 0) is 20.7 Å². The molecule has 2 aromatic rings. The molecule has 0 bridgehead atoms. The van der Waals surface area contributed by atoms with Crippen molar-refractivity contribution in [2.24, 2.45) is 0 Å². The number of methoxy groups -OCH3 is 1. The minimum atomic E-state index is -0.490. The molecule has 3 nitrogen and oxygen atoms in total. The van der Waals surface area contributed by atoms with Crippen LogP contribution >= 0.6 is 0 Å². The van der Waals surface area contributed by atoms with E-state index in [0.717, 1.165) is 16.7 Å². The van der Waals surface area contributed by atoms with Crippen molar-refractivity contribution >= 4 is 11.8 Å². The van der Waals surface area contributed by atoms with Gasteiger partial charge in [-0.05, 0) is 16.7 Å². The zero-order chi connectivity index (χ0) is 14.4. The lowest BCUT2D eigenvalue weighted by Gasteiger charge is -2.04. The summed E-state index contributed by atoms with van der Waals surface area (Å²) in [5.41, 5.74) is 3.15. The van der Waals surface area contributed by atoms with Crippen molar-refractivity contribution in [3.8, 4) is 11.1 Å². The summed E-state index contributed by atoms with van der Waals surface area (Å²) in [6, 6.07) is 17.8. The predicted octanol–water partition coefficient (Wildman–Crippen LogP) is 3.03. The first-order valence-corrected chi connectivity index (χ1v) is 6.42. The van der Waals surface area contributed by atoms with Gasteiger partial charge in [0.2, 0.25) is 0 Å². The fourth-order valence-electron chi connectivity index (χ4n) is 1.97. The van der Waals surface area contributed by atoms with Crippen molar-refractivity contribution in [2.75, 3.05) is 7.11 Å². The third-order valence-corrected chi connectivity index (χ3v) is 3.03. The minimum absolute atomic E-state index is 0.135. The molecule has 0 aromatic heterocycles. The molecule has 0 aliphatic rings. The molecule has 0 saturated carbocycles. The number of rotatable bonds is 5. The van der Waals surface area contributed by atoms with Crippen LogP contribution in [0.3, 0.4) is 0 Å². The first kappa shape index (κ1) is 14.0. The van der Waals surface area contributed by atoms with Crippen molar-refractivity contribution in [1.82, 2.24) is 0 Å². The highest BCUT2D eigenvalue weighted by molar-refractivity contribution is 5.96. The van der Waals surface area contributed by atoms with Gasteiger partial charge in [-0.1, -0.05) is 54.6 Å². The Morgan fingerprint density at radius 3 is 2.10 bits per heavy atom. The van der Waals surface area contributed by atoms with Crippen LogP contribution in [0.1, 0.15) is 12.0 Å². The maximum absolute atomic E-state index is 11.6. The fourth-order valence-corrected chi connectivity index (χ4v) is 1.97. The molecule has 0 spiro atoms. The number of ether oxygens (including phenoxy) is 1. The maximum Gasteiger partial charge on any atom is 0.313 e. The van der Waals surface area contributed by atoms with Gasteiger partial charge in [0, 0.05) is 6.42 Å². The summed E-state index contributed by atoms with van der Waals surface area (Å²) < 4.78 is 4.48. The van der Waals surface area contributed by atoms with Crippen molar-refractivity contribution in [3.63, 3.8) is 0 Å². The van der Waals surface area contributed by atoms with E-state index in [1.165, 1.54) is 7.11 Å². The van der Waals surface area contributed by atoms with E-state index in [0.29, 0.717) is 0 Å². The number of hydrogen-bond donors (Lipinski definition) is 0. The van der Waals surface area contributed by atoms with E-state index in [9.17, 15) is 9.59 Å². The van der Waals surface area contributed by atoms with Gasteiger partial charge in [-0.15, -0.1) is 0 Å². The summed E-state index contributed by atoms with van der Waals surface area (Å²) in [6.07, 6.45) is 0.0844. The summed E-state index contributed by atoms with van der Waals surface area (Å²) in [4.78, 5) is 22.6. The Kier molecular flexibility index (Phi) is 4.66. The van der Waals surface area contributed by atoms with Gasteiger partial charge in [0.15, 0.2) is 0 Å². The molecule has 0 radical (unpaired) electrons. The summed E-state index contributed by atoms with van der Waals surface area (Å²) >= 11 is 0. The third kappa shape index (κ3) is 3.79. The molecule has 0 atom stereocenters. The van der Waals surface area contributed by atoms with E-state index in [-0.39, 0.29) is 18.6 Å². The Labute approximate surface area is 118 Å². The highest BCUT2D eigenvalue weighted by Gasteiger charge is 2.10. The molecular formula is C17H16O3. The van der Waals surface area contributed by atoms with Gasteiger partial charge in [-0.3, -0.25) is 9.59 Å². The second-order valence-corrected chi connectivity index (χ2v) is 4.53. The summed E-state index contributed by atoms with van der Waals surface area (Å²) in [6.45, 7) is 0. The molecule has 0 heterocycles. The number of ketones is 1. The van der Waals surface area contributed by atoms with E-state index in [1.807, 2.05) is 54.6 Å². The summed E-state index contributed by atoms with van der Waals surface area (Å²) in [5, 5.41) is 0. The molecule has 2 rings (SSSR count). The fraction of sp³-hybridized carbons (Fsp3) is 0.176. The Hall–Kier alpha value is -2.42. The molecule has 0 N–H and O–H groups in total. The summed E-state index contributed by atoms with van der Waals surface area (Å²) in [7, 11) is 1.28. The number of benzene rings is 2. The van der Waals surface area contributed by atoms with Gasteiger partial charge in [0.1, 0.15) is 12.2 Å². The first-order valence-electron chi connectivity index (χ1n) is 6.42. The quantitative estimate of drug-likeness (QED) is 0.618. The van der Waals surface area contributed by atoms with Gasteiger partial charge in [0.05, 0.1) is 7.11 Å². The van der Waals surface area contributed by atoms with Crippen LogP contribution in [0.4, 0.5) is 0 Å². The van der Waals surface area contributed by atoms with Crippen LogP contribution < -0.4 is 0 Å². The van der Waals surface area contributed by atoms with E-state index in [1.54, 1.807) is 0 Å². The Morgan fingerprint density at radius 2 is 1.50 bits per heavy atom. The van der Waals surface area contributed by atoms with E-state index >= 15 is 0 Å². The Morgan fingerprint density at radius 1 is 0.900 bits per heavy atom. The predicted molar refractivity (Wildman–Crippen MR) is 77.2 cm³/mol. The second-order valence-electron chi connectivity index (χ2n) is 4.53. The van der Waals surface area contributed by atoms with E-state index < -0.39 is 5.97 Å². The van der Waals surface area contributed by atoms with Crippen molar-refractivity contribution in [2.45, 2.75) is 12.8 Å². The highest BCUT2D eigenvalue weighted by Crippen LogP contribution is 2.19. The van der Waals surface area contributed by atoms with E-state index in [2.05, 4.69) is 4.74 Å². The van der Waals surface area contributed by atoms with Gasteiger partial charge in [0.25, 0.3) is 0 Å². The average Bonchev–Trinajstić information content (AvgIpc) is 2.48. The molecule has 0 unspecified atom stereocenters. The summed E-state index contributed by atoms with van der Waals surface area (Å²) in [5.74, 6) is -0.625. The lowest BCUT2D eigenvalue weighted by molar-refractivity contribution is -0.143. The smallest absolute Gasteiger partial charge is 0.313 e. The third-order valence-electron chi connectivity index (χ3n) is 3.03. The zero-order valence-corrected chi connectivity index (χ0v) is 11.3. The number of hydrogen-bond acceptors (Lipinski definition) is 3. The number of carbonyl (C=O) groups excluding carboxylic acids is 2. The molecule has 0 aliphatic carbocycles. The number of carbonyl (C=O) groups is 2. The highest BCUT2D eigenvalue weighted by atomic mass is 16.5. The lowest BCUT2D eigenvalue weighted by Crippen LogP contribution is -2.11. The first-order chi connectivity index (χ1) is 9.69. The topological polar surface area (TPSA) is 43.4 Å². The SMILES string of the molecule is COC(=O)CC(=O)Cc1ccc(-c2ccccc2)cc1. The molecule has 3 heteroatoms. The molecular weight excluding hydrogens is 252 g/mol. The zero-order valence-electron chi connectivity index (χ0n) is 11.3. The molecule has 0 amide bonds. The minimum Gasteiger partial charge on any atom is -0.469 e. The molecule has 0 fully saturated rings. The largest absolute Gasteiger partial charge is 0.469 e. The number of Topliss-reactive ketones (excluding diaryl/α,β-unsaturated/α-hetero) is 1. The molecule has 102 valence electrons. The number of esters is 1. The Bertz CT molecular complexity index is 585. The lowest BCUT2D eigenvalue weighted by atomic mass is 10.0. The van der Waals surface area contributed by atoms with Gasteiger partial charge in [-0.2, -0.15) is 0 Å².